The van der Waals surface area contributed by atoms with E-state index < -0.39 is 12.0 Å². The number of carbonyl (C=O) groups is 1. The Bertz CT molecular complexity index is 623. The normalized spacial score (nSPS) is 12.2. The molecule has 0 fully saturated rings. The lowest BCUT2D eigenvalue weighted by molar-refractivity contribution is -0.123. The Hall–Kier alpha value is -2.08. The topological polar surface area (TPSA) is 74.4 Å². The molecule has 6 heteroatoms. The van der Waals surface area contributed by atoms with E-state index in [1.165, 1.54) is 0 Å². The molecule has 1 aromatic carbocycles. The molecule has 0 saturated carbocycles. The first-order valence-electron chi connectivity index (χ1n) is 7.09. The molecule has 118 valence electrons. The second kappa shape index (κ2) is 7.26. The highest BCUT2D eigenvalue weighted by atomic mass is 32.1. The van der Waals surface area contributed by atoms with Gasteiger partial charge in [-0.15, -0.1) is 11.3 Å². The molecule has 1 amide bonds. The summed E-state index contributed by atoms with van der Waals surface area (Å²) < 4.78 is 11.1. The van der Waals surface area contributed by atoms with E-state index in [0.717, 1.165) is 16.5 Å². The van der Waals surface area contributed by atoms with Crippen LogP contribution in [-0.2, 0) is 11.4 Å². The molecule has 0 bridgehead atoms. The van der Waals surface area contributed by atoms with Crippen LogP contribution in [0.25, 0.3) is 0 Å². The van der Waals surface area contributed by atoms with Gasteiger partial charge in [0.15, 0.2) is 6.10 Å². The van der Waals surface area contributed by atoms with Crippen LogP contribution in [0.5, 0.6) is 11.5 Å². The molecule has 0 spiro atoms. The first-order chi connectivity index (χ1) is 10.5. The van der Waals surface area contributed by atoms with Crippen LogP contribution in [0.3, 0.4) is 0 Å². The van der Waals surface area contributed by atoms with E-state index in [1.54, 1.807) is 42.5 Å². The van der Waals surface area contributed by atoms with E-state index in [0.29, 0.717) is 18.3 Å². The Morgan fingerprint density at radius 1 is 1.23 bits per heavy atom. The van der Waals surface area contributed by atoms with E-state index in [9.17, 15) is 4.79 Å². The molecule has 1 aromatic heterocycles. The predicted molar refractivity (Wildman–Crippen MR) is 86.3 cm³/mol. The number of ether oxygens (including phenoxy) is 2. The van der Waals surface area contributed by atoms with Gasteiger partial charge >= 0.3 is 0 Å². The van der Waals surface area contributed by atoms with Crippen molar-refractivity contribution in [1.82, 2.24) is 4.98 Å². The van der Waals surface area contributed by atoms with Crippen molar-refractivity contribution >= 4 is 17.2 Å². The average Bonchev–Trinajstić information content (AvgIpc) is 2.95. The standard InChI is InChI=1S/C16H20N2O3S/c1-10(2)16-18-12(9-22-16)8-20-13-4-6-14(7-5-13)21-11(3)15(17)19/h4-7,9-11H,8H2,1-3H3,(H2,17,19). The fourth-order valence-corrected chi connectivity index (χ4v) is 2.51. The van der Waals surface area contributed by atoms with Crippen molar-refractivity contribution in [2.45, 2.75) is 39.4 Å². The third kappa shape index (κ3) is 4.46. The fraction of sp³-hybridized carbons (Fsp3) is 0.375. The molecule has 0 aliphatic carbocycles. The zero-order chi connectivity index (χ0) is 16.1. The molecule has 0 aliphatic rings. The molecule has 0 radical (unpaired) electrons. The van der Waals surface area contributed by atoms with Crippen LogP contribution in [0.1, 0.15) is 37.4 Å². The summed E-state index contributed by atoms with van der Waals surface area (Å²) in [6, 6.07) is 7.07. The van der Waals surface area contributed by atoms with Crippen LogP contribution in [-0.4, -0.2) is 17.0 Å². The number of thiazole rings is 1. The Labute approximate surface area is 134 Å². The van der Waals surface area contributed by atoms with Crippen LogP contribution in [0, 0.1) is 0 Å². The maximum Gasteiger partial charge on any atom is 0.258 e. The number of hydrogen-bond donors (Lipinski definition) is 1. The van der Waals surface area contributed by atoms with E-state index >= 15 is 0 Å². The highest BCUT2D eigenvalue weighted by Gasteiger charge is 2.10. The van der Waals surface area contributed by atoms with Crippen molar-refractivity contribution in [3.8, 4) is 11.5 Å². The zero-order valence-corrected chi connectivity index (χ0v) is 13.7. The first-order valence-corrected chi connectivity index (χ1v) is 7.97. The van der Waals surface area contributed by atoms with Gasteiger partial charge in [-0.25, -0.2) is 4.98 Å². The Kier molecular flexibility index (Phi) is 5.38. The maximum atomic E-state index is 10.9. The molecular formula is C16H20N2O3S. The van der Waals surface area contributed by atoms with E-state index in [4.69, 9.17) is 15.2 Å². The number of aromatic nitrogens is 1. The summed E-state index contributed by atoms with van der Waals surface area (Å²) >= 11 is 1.65. The molecular weight excluding hydrogens is 300 g/mol. The monoisotopic (exact) mass is 320 g/mol. The number of amides is 1. The lowest BCUT2D eigenvalue weighted by Crippen LogP contribution is -2.30. The molecule has 2 aromatic rings. The minimum Gasteiger partial charge on any atom is -0.487 e. The Morgan fingerprint density at radius 2 is 1.86 bits per heavy atom. The summed E-state index contributed by atoms with van der Waals surface area (Å²) in [7, 11) is 0. The molecule has 1 atom stereocenters. The zero-order valence-electron chi connectivity index (χ0n) is 12.9. The summed E-state index contributed by atoms with van der Waals surface area (Å²) in [5, 5.41) is 3.13. The van der Waals surface area contributed by atoms with E-state index in [-0.39, 0.29) is 0 Å². The second-order valence-corrected chi connectivity index (χ2v) is 6.14. The summed E-state index contributed by atoms with van der Waals surface area (Å²) in [5.41, 5.74) is 6.08. The largest absolute Gasteiger partial charge is 0.487 e. The molecule has 0 saturated heterocycles. The van der Waals surface area contributed by atoms with Gasteiger partial charge in [0.05, 0.1) is 10.7 Å². The van der Waals surface area contributed by atoms with Crippen molar-refractivity contribution in [2.75, 3.05) is 0 Å². The SMILES string of the molecule is CC(Oc1ccc(OCc2csc(C(C)C)n2)cc1)C(N)=O. The highest BCUT2D eigenvalue weighted by Crippen LogP contribution is 2.22. The van der Waals surface area contributed by atoms with Crippen LogP contribution in [0.2, 0.25) is 0 Å². The van der Waals surface area contributed by atoms with Crippen LogP contribution < -0.4 is 15.2 Å². The van der Waals surface area contributed by atoms with Crippen LogP contribution >= 0.6 is 11.3 Å². The third-order valence-corrected chi connectivity index (χ3v) is 4.18. The van der Waals surface area contributed by atoms with Crippen molar-refractivity contribution in [1.29, 1.82) is 0 Å². The van der Waals surface area contributed by atoms with Crippen molar-refractivity contribution in [2.24, 2.45) is 5.73 Å². The number of carbonyl (C=O) groups excluding carboxylic acids is 1. The van der Waals surface area contributed by atoms with Gasteiger partial charge in [-0.3, -0.25) is 4.79 Å². The number of primary amides is 1. The lowest BCUT2D eigenvalue weighted by atomic mass is 10.2. The quantitative estimate of drug-likeness (QED) is 0.850. The number of benzene rings is 1. The van der Waals surface area contributed by atoms with Gasteiger partial charge in [0.1, 0.15) is 18.1 Å². The number of nitrogens with zero attached hydrogens (tertiary/aromatic N) is 1. The summed E-state index contributed by atoms with van der Waals surface area (Å²) in [4.78, 5) is 15.5. The maximum absolute atomic E-state index is 10.9. The molecule has 22 heavy (non-hydrogen) atoms. The van der Waals surface area contributed by atoms with E-state index in [2.05, 4.69) is 18.8 Å². The number of nitrogens with two attached hydrogens (primary N) is 1. The van der Waals surface area contributed by atoms with Gasteiger partial charge in [0.2, 0.25) is 0 Å². The van der Waals surface area contributed by atoms with Gasteiger partial charge in [0, 0.05) is 11.3 Å². The number of hydrogen-bond acceptors (Lipinski definition) is 5. The number of rotatable bonds is 7. The fourth-order valence-electron chi connectivity index (χ4n) is 1.69. The van der Waals surface area contributed by atoms with Gasteiger partial charge in [-0.05, 0) is 31.2 Å². The van der Waals surface area contributed by atoms with Crippen molar-refractivity contribution in [3.05, 3.63) is 40.3 Å². The minimum absolute atomic E-state index is 0.432. The summed E-state index contributed by atoms with van der Waals surface area (Å²) in [6.07, 6.45) is -0.656. The molecule has 5 nitrogen and oxygen atoms in total. The van der Waals surface area contributed by atoms with Gasteiger partial charge in [0.25, 0.3) is 5.91 Å². The summed E-state index contributed by atoms with van der Waals surface area (Å²) in [5.74, 6) is 1.24. The second-order valence-electron chi connectivity index (χ2n) is 5.25. The highest BCUT2D eigenvalue weighted by molar-refractivity contribution is 7.09. The smallest absolute Gasteiger partial charge is 0.258 e. The Balaban J connectivity index is 1.89. The van der Waals surface area contributed by atoms with Gasteiger partial charge < -0.3 is 15.2 Å². The molecule has 1 unspecified atom stereocenters. The Morgan fingerprint density at radius 3 is 2.41 bits per heavy atom. The minimum atomic E-state index is -0.656. The average molecular weight is 320 g/mol. The summed E-state index contributed by atoms with van der Waals surface area (Å²) in [6.45, 7) is 6.28. The molecule has 2 rings (SSSR count). The van der Waals surface area contributed by atoms with E-state index in [1.807, 2.05) is 5.38 Å². The van der Waals surface area contributed by atoms with Gasteiger partial charge in [-0.1, -0.05) is 13.8 Å². The lowest BCUT2D eigenvalue weighted by Gasteiger charge is -2.11. The first kappa shape index (κ1) is 16.3. The van der Waals surface area contributed by atoms with Crippen LogP contribution in [0.15, 0.2) is 29.6 Å². The predicted octanol–water partition coefficient (Wildman–Crippen LogP) is 3.10. The molecule has 0 aliphatic heterocycles. The molecule has 2 N–H and O–H groups in total. The van der Waals surface area contributed by atoms with Crippen molar-refractivity contribution in [3.63, 3.8) is 0 Å². The third-order valence-electron chi connectivity index (χ3n) is 2.99. The molecule has 1 heterocycles. The van der Waals surface area contributed by atoms with Crippen molar-refractivity contribution < 1.29 is 14.3 Å². The van der Waals surface area contributed by atoms with Crippen LogP contribution in [0.4, 0.5) is 0 Å². The van der Waals surface area contributed by atoms with Gasteiger partial charge in [-0.2, -0.15) is 0 Å².